The van der Waals surface area contributed by atoms with Gasteiger partial charge in [-0.25, -0.2) is 8.42 Å². The zero-order chi connectivity index (χ0) is 30.2. The summed E-state index contributed by atoms with van der Waals surface area (Å²) in [6.07, 6.45) is 0.711. The summed E-state index contributed by atoms with van der Waals surface area (Å²) in [5, 5.41) is 3.39. The van der Waals surface area contributed by atoms with Crippen LogP contribution in [0.25, 0.3) is 0 Å². The second-order valence-electron chi connectivity index (χ2n) is 9.51. The van der Waals surface area contributed by atoms with Crippen LogP contribution < -0.4 is 19.1 Å². The Hall–Kier alpha value is -3.76. The Morgan fingerprint density at radius 3 is 2.22 bits per heavy atom. The molecule has 0 fully saturated rings. The number of sulfonamides is 1. The van der Waals surface area contributed by atoms with Gasteiger partial charge < -0.3 is 19.7 Å². The number of hydrogen-bond acceptors (Lipinski definition) is 6. The highest BCUT2D eigenvalue weighted by Gasteiger charge is 2.33. The van der Waals surface area contributed by atoms with E-state index in [1.807, 2.05) is 13.8 Å². The van der Waals surface area contributed by atoms with Crippen molar-refractivity contribution in [1.82, 2.24) is 10.2 Å². The molecule has 2 atom stereocenters. The first-order chi connectivity index (χ1) is 19.5. The molecular weight excluding hydrogens is 566 g/mol. The van der Waals surface area contributed by atoms with Crippen LogP contribution in [0.3, 0.4) is 0 Å². The fourth-order valence-corrected chi connectivity index (χ4v) is 5.75. The molecule has 0 saturated heterocycles. The van der Waals surface area contributed by atoms with Gasteiger partial charge in [-0.3, -0.25) is 13.9 Å². The van der Waals surface area contributed by atoms with Crippen molar-refractivity contribution in [3.63, 3.8) is 0 Å². The van der Waals surface area contributed by atoms with Crippen LogP contribution in [0.2, 0.25) is 5.02 Å². The molecule has 0 aliphatic carbocycles. The molecule has 0 unspecified atom stereocenters. The van der Waals surface area contributed by atoms with Crippen molar-refractivity contribution in [1.29, 1.82) is 0 Å². The van der Waals surface area contributed by atoms with Crippen LogP contribution in [0, 0.1) is 0 Å². The maximum absolute atomic E-state index is 14.0. The molecule has 41 heavy (non-hydrogen) atoms. The average molecular weight is 602 g/mol. The smallest absolute Gasteiger partial charge is 0.264 e. The third-order valence-corrected chi connectivity index (χ3v) is 8.70. The molecule has 0 aliphatic heterocycles. The predicted molar refractivity (Wildman–Crippen MR) is 160 cm³/mol. The van der Waals surface area contributed by atoms with Crippen LogP contribution in [0.15, 0.2) is 77.7 Å². The summed E-state index contributed by atoms with van der Waals surface area (Å²) in [7, 11) is -1.30. The molecule has 0 aromatic heterocycles. The molecule has 0 saturated carbocycles. The first-order valence-electron chi connectivity index (χ1n) is 13.2. The second kappa shape index (κ2) is 14.2. The minimum absolute atomic E-state index is 0.00605. The third-order valence-electron chi connectivity index (χ3n) is 6.68. The third kappa shape index (κ3) is 7.92. The Labute approximate surface area is 247 Å². The number of anilines is 1. The van der Waals surface area contributed by atoms with E-state index in [2.05, 4.69) is 5.32 Å². The zero-order valence-corrected chi connectivity index (χ0v) is 25.4. The number of nitrogens with zero attached hydrogens (tertiary/aromatic N) is 2. The lowest BCUT2D eigenvalue weighted by Crippen LogP contribution is -2.52. The van der Waals surface area contributed by atoms with Crippen LogP contribution in [0.5, 0.6) is 11.5 Å². The first kappa shape index (κ1) is 31.8. The number of rotatable bonds is 13. The van der Waals surface area contributed by atoms with E-state index >= 15 is 0 Å². The van der Waals surface area contributed by atoms with E-state index in [1.54, 1.807) is 55.5 Å². The van der Waals surface area contributed by atoms with Gasteiger partial charge in [-0.15, -0.1) is 0 Å². The van der Waals surface area contributed by atoms with Crippen molar-refractivity contribution in [3.8, 4) is 11.5 Å². The van der Waals surface area contributed by atoms with Crippen molar-refractivity contribution in [3.05, 3.63) is 83.4 Å². The van der Waals surface area contributed by atoms with Crippen LogP contribution in [0.1, 0.15) is 32.8 Å². The van der Waals surface area contributed by atoms with E-state index < -0.39 is 28.5 Å². The number of benzene rings is 3. The number of ether oxygens (including phenoxy) is 2. The SMILES string of the molecule is CC[C@@H](C)NC(=O)[C@H](C)N(Cc1cccc(Cl)c1)C(=O)CN(c1ccc(OC)c(OC)c1)S(=O)(=O)c1ccccc1. The monoisotopic (exact) mass is 601 g/mol. The number of carbonyl (C=O) groups is 2. The molecule has 1 N–H and O–H groups in total. The van der Waals surface area contributed by atoms with Gasteiger partial charge in [-0.2, -0.15) is 0 Å². The van der Waals surface area contributed by atoms with Gasteiger partial charge in [-0.1, -0.05) is 48.9 Å². The Bertz CT molecular complexity index is 1450. The highest BCUT2D eigenvalue weighted by Crippen LogP contribution is 2.34. The summed E-state index contributed by atoms with van der Waals surface area (Å²) in [5.41, 5.74) is 0.886. The fraction of sp³-hybridized carbons (Fsp3) is 0.333. The Kier molecular flexibility index (Phi) is 11.0. The van der Waals surface area contributed by atoms with Crippen molar-refractivity contribution in [2.75, 3.05) is 25.1 Å². The average Bonchev–Trinajstić information content (AvgIpc) is 2.98. The molecule has 9 nitrogen and oxygen atoms in total. The topological polar surface area (TPSA) is 105 Å². The van der Waals surface area contributed by atoms with Crippen molar-refractivity contribution in [2.24, 2.45) is 0 Å². The van der Waals surface area contributed by atoms with E-state index in [0.717, 1.165) is 4.31 Å². The van der Waals surface area contributed by atoms with E-state index in [9.17, 15) is 18.0 Å². The van der Waals surface area contributed by atoms with Gasteiger partial charge in [-0.05, 0) is 62.2 Å². The molecule has 3 rings (SSSR count). The number of nitrogens with one attached hydrogen (secondary N) is 1. The first-order valence-corrected chi connectivity index (χ1v) is 15.0. The van der Waals surface area contributed by atoms with Crippen molar-refractivity contribution >= 4 is 39.1 Å². The lowest BCUT2D eigenvalue weighted by molar-refractivity contribution is -0.139. The van der Waals surface area contributed by atoms with E-state index in [4.69, 9.17) is 21.1 Å². The van der Waals surface area contributed by atoms with Gasteiger partial charge in [0.1, 0.15) is 12.6 Å². The molecular formula is C30H36ClN3O6S. The van der Waals surface area contributed by atoms with Gasteiger partial charge in [0, 0.05) is 23.7 Å². The molecule has 0 radical (unpaired) electrons. The molecule has 0 bridgehead atoms. The zero-order valence-electron chi connectivity index (χ0n) is 23.8. The largest absolute Gasteiger partial charge is 0.493 e. The van der Waals surface area contributed by atoms with Crippen LogP contribution in [-0.2, 0) is 26.2 Å². The Morgan fingerprint density at radius 2 is 1.61 bits per heavy atom. The minimum atomic E-state index is -4.21. The number of methoxy groups -OCH3 is 2. The van der Waals surface area contributed by atoms with E-state index in [0.29, 0.717) is 28.5 Å². The number of carbonyl (C=O) groups excluding carboxylic acids is 2. The van der Waals surface area contributed by atoms with Gasteiger partial charge in [0.05, 0.1) is 24.8 Å². The van der Waals surface area contributed by atoms with Gasteiger partial charge in [0.25, 0.3) is 10.0 Å². The van der Waals surface area contributed by atoms with Crippen LogP contribution in [0.4, 0.5) is 5.69 Å². The lowest BCUT2D eigenvalue weighted by Gasteiger charge is -2.32. The fourth-order valence-electron chi connectivity index (χ4n) is 4.11. The summed E-state index contributed by atoms with van der Waals surface area (Å²) in [4.78, 5) is 28.5. The summed E-state index contributed by atoms with van der Waals surface area (Å²) < 4.78 is 39.6. The molecule has 220 valence electrons. The Balaban J connectivity index is 2.07. The molecule has 3 aromatic rings. The normalized spacial score (nSPS) is 12.6. The molecule has 3 aromatic carbocycles. The van der Waals surface area contributed by atoms with Gasteiger partial charge in [0.15, 0.2) is 11.5 Å². The minimum Gasteiger partial charge on any atom is -0.493 e. The van der Waals surface area contributed by atoms with Crippen LogP contribution >= 0.6 is 11.6 Å². The highest BCUT2D eigenvalue weighted by molar-refractivity contribution is 7.92. The number of halogens is 1. The quantitative estimate of drug-likeness (QED) is 0.299. The van der Waals surface area contributed by atoms with Crippen molar-refractivity contribution in [2.45, 2.75) is 50.7 Å². The number of amides is 2. The molecule has 0 spiro atoms. The maximum Gasteiger partial charge on any atom is 0.264 e. The second-order valence-corrected chi connectivity index (χ2v) is 11.8. The summed E-state index contributed by atoms with van der Waals surface area (Å²) >= 11 is 6.19. The van der Waals surface area contributed by atoms with Crippen molar-refractivity contribution < 1.29 is 27.5 Å². The Morgan fingerprint density at radius 1 is 0.927 bits per heavy atom. The van der Waals surface area contributed by atoms with E-state index in [-0.39, 0.29) is 29.1 Å². The standard InChI is InChI=1S/C30H36ClN3O6S/c1-6-21(2)32-30(36)22(3)33(19-23-11-10-12-24(31)17-23)29(35)20-34(41(37,38)26-13-8-7-9-14-26)25-15-16-27(39-4)28(18-25)40-5/h7-18,21-22H,6,19-20H2,1-5H3,(H,32,36)/t21-,22+/m1/s1. The van der Waals surface area contributed by atoms with E-state index in [1.165, 1.54) is 43.4 Å². The van der Waals surface area contributed by atoms with Crippen LogP contribution in [-0.4, -0.2) is 58.0 Å². The number of hydrogen-bond donors (Lipinski definition) is 1. The predicted octanol–water partition coefficient (Wildman–Crippen LogP) is 4.88. The molecule has 11 heteroatoms. The highest BCUT2D eigenvalue weighted by atomic mass is 35.5. The summed E-state index contributed by atoms with van der Waals surface area (Å²) in [6, 6.07) is 18.4. The summed E-state index contributed by atoms with van der Waals surface area (Å²) in [5.74, 6) is -0.232. The summed E-state index contributed by atoms with van der Waals surface area (Å²) in [6.45, 7) is 4.90. The van der Waals surface area contributed by atoms with Gasteiger partial charge >= 0.3 is 0 Å². The molecule has 0 aliphatic rings. The van der Waals surface area contributed by atoms with Gasteiger partial charge in [0.2, 0.25) is 11.8 Å². The maximum atomic E-state index is 14.0. The lowest BCUT2D eigenvalue weighted by atomic mass is 10.1. The molecule has 2 amide bonds. The molecule has 0 heterocycles.